The van der Waals surface area contributed by atoms with E-state index in [1.54, 1.807) is 0 Å². The van der Waals surface area contributed by atoms with E-state index in [9.17, 15) is 13.2 Å². The number of alkyl halides is 3. The molecule has 0 aliphatic carbocycles. The first-order valence-electron chi connectivity index (χ1n) is 5.55. The Morgan fingerprint density at radius 3 is 2.68 bits per heavy atom. The highest BCUT2D eigenvalue weighted by Gasteiger charge is 2.36. The molecular weight excluding hydrogens is 279 g/mol. The van der Waals surface area contributed by atoms with Gasteiger partial charge in [-0.15, -0.1) is 11.3 Å². The second-order valence-corrected chi connectivity index (χ2v) is 5.00. The first-order chi connectivity index (χ1) is 8.90. The van der Waals surface area contributed by atoms with Crippen LogP contribution in [0.1, 0.15) is 22.0 Å². The fraction of sp³-hybridized carbons (Fsp3) is 0.455. The minimum atomic E-state index is -4.51. The molecule has 0 unspecified atom stereocenters. The van der Waals surface area contributed by atoms with E-state index >= 15 is 0 Å². The van der Waals surface area contributed by atoms with Crippen LogP contribution >= 0.6 is 11.3 Å². The second kappa shape index (κ2) is 5.30. The predicted octanol–water partition coefficient (Wildman–Crippen LogP) is 2.25. The van der Waals surface area contributed by atoms with Gasteiger partial charge in [0.05, 0.1) is 6.54 Å². The maximum absolute atomic E-state index is 12.8. The van der Waals surface area contributed by atoms with E-state index in [0.29, 0.717) is 5.01 Å². The van der Waals surface area contributed by atoms with Crippen molar-refractivity contribution < 1.29 is 18.3 Å². The first-order valence-corrected chi connectivity index (χ1v) is 6.43. The summed E-state index contributed by atoms with van der Waals surface area (Å²) in [7, 11) is 0. The van der Waals surface area contributed by atoms with Crippen LogP contribution < -0.4 is 0 Å². The molecule has 8 heteroatoms. The number of aliphatic hydroxyl groups is 1. The summed E-state index contributed by atoms with van der Waals surface area (Å²) in [5.41, 5.74) is -0.100. The van der Waals surface area contributed by atoms with E-state index in [2.05, 4.69) is 10.1 Å². The van der Waals surface area contributed by atoms with Crippen molar-refractivity contribution in [3.63, 3.8) is 0 Å². The van der Waals surface area contributed by atoms with Crippen molar-refractivity contribution in [1.29, 1.82) is 0 Å². The summed E-state index contributed by atoms with van der Waals surface area (Å²) in [5.74, 6) is 0. The topological polar surface area (TPSA) is 50.9 Å². The van der Waals surface area contributed by atoms with Gasteiger partial charge in [0.25, 0.3) is 0 Å². The van der Waals surface area contributed by atoms with Gasteiger partial charge in [-0.05, 0) is 13.3 Å². The van der Waals surface area contributed by atoms with E-state index in [1.807, 2.05) is 12.3 Å². The summed E-state index contributed by atoms with van der Waals surface area (Å²) in [6.45, 7) is 1.68. The normalized spacial score (nSPS) is 12.1. The van der Waals surface area contributed by atoms with Crippen molar-refractivity contribution in [3.05, 3.63) is 33.5 Å². The van der Waals surface area contributed by atoms with Gasteiger partial charge in [0.2, 0.25) is 0 Å². The van der Waals surface area contributed by atoms with Gasteiger partial charge in [-0.2, -0.15) is 18.3 Å². The van der Waals surface area contributed by atoms with Crippen molar-refractivity contribution in [1.82, 2.24) is 14.8 Å². The van der Waals surface area contributed by atoms with Crippen LogP contribution in [-0.2, 0) is 19.1 Å². The number of aromatic nitrogens is 3. The third-order valence-corrected chi connectivity index (χ3v) is 3.40. The molecule has 0 aromatic carbocycles. The summed E-state index contributed by atoms with van der Waals surface area (Å²) >= 11 is 1.38. The van der Waals surface area contributed by atoms with Crippen LogP contribution in [0.3, 0.4) is 0 Å². The van der Waals surface area contributed by atoms with Gasteiger partial charge in [0.15, 0.2) is 5.69 Å². The molecule has 0 bridgehead atoms. The van der Waals surface area contributed by atoms with Crippen LogP contribution in [0.5, 0.6) is 0 Å². The van der Waals surface area contributed by atoms with Gasteiger partial charge < -0.3 is 5.11 Å². The third kappa shape index (κ3) is 3.32. The Hall–Kier alpha value is -1.41. The summed E-state index contributed by atoms with van der Waals surface area (Å²) in [5, 5.41) is 14.9. The Bertz CT molecular complexity index is 562. The number of rotatable bonds is 4. The van der Waals surface area contributed by atoms with E-state index in [0.717, 1.165) is 5.69 Å². The number of nitrogens with zero attached hydrogens (tertiary/aromatic N) is 3. The van der Waals surface area contributed by atoms with Crippen LogP contribution in [0.4, 0.5) is 13.2 Å². The lowest BCUT2D eigenvalue weighted by Gasteiger charge is -2.04. The van der Waals surface area contributed by atoms with Crippen LogP contribution in [0.2, 0.25) is 0 Å². The van der Waals surface area contributed by atoms with E-state index in [1.165, 1.54) is 22.2 Å². The molecule has 2 aromatic rings. The number of hydrogen-bond acceptors (Lipinski definition) is 4. The number of aryl methyl sites for hydroxylation is 1. The molecule has 0 saturated heterocycles. The maximum atomic E-state index is 12.8. The first kappa shape index (κ1) is 14.0. The molecule has 0 saturated carbocycles. The highest BCUT2D eigenvalue weighted by Crippen LogP contribution is 2.31. The van der Waals surface area contributed by atoms with Crippen LogP contribution in [-0.4, -0.2) is 26.5 Å². The van der Waals surface area contributed by atoms with Gasteiger partial charge >= 0.3 is 6.18 Å². The molecular formula is C11H12F3N3OS. The zero-order valence-electron chi connectivity index (χ0n) is 10.1. The Morgan fingerprint density at radius 1 is 1.42 bits per heavy atom. The monoisotopic (exact) mass is 291 g/mol. The lowest BCUT2D eigenvalue weighted by molar-refractivity contribution is -0.142. The maximum Gasteiger partial charge on any atom is 0.435 e. The van der Waals surface area contributed by atoms with Crippen LogP contribution in [0, 0.1) is 6.92 Å². The minimum Gasteiger partial charge on any atom is -0.396 e. The molecule has 0 spiro atoms. The van der Waals surface area contributed by atoms with Crippen molar-refractivity contribution in [3.8, 4) is 0 Å². The van der Waals surface area contributed by atoms with Crippen molar-refractivity contribution in [2.45, 2.75) is 26.1 Å². The second-order valence-electron chi connectivity index (χ2n) is 4.05. The quantitative estimate of drug-likeness (QED) is 0.940. The number of hydrogen-bond donors (Lipinski definition) is 1. The standard InChI is InChI=1S/C11H12F3N3OS/c1-7-6-19-9(15-7)5-17-4-8(2-3-18)10(16-17)11(12,13)14/h4,6,18H,2-3,5H2,1H3. The molecule has 2 heterocycles. The van der Waals surface area contributed by atoms with E-state index in [4.69, 9.17) is 5.11 Å². The average Bonchev–Trinajstić information content (AvgIpc) is 2.86. The molecule has 0 radical (unpaired) electrons. The Labute approximate surface area is 111 Å². The molecule has 2 rings (SSSR count). The van der Waals surface area contributed by atoms with Gasteiger partial charge in [-0.1, -0.05) is 0 Å². The lowest BCUT2D eigenvalue weighted by Crippen LogP contribution is -2.10. The zero-order valence-corrected chi connectivity index (χ0v) is 10.9. The predicted molar refractivity (Wildman–Crippen MR) is 64.0 cm³/mol. The fourth-order valence-corrected chi connectivity index (χ4v) is 2.46. The van der Waals surface area contributed by atoms with Crippen LogP contribution in [0.15, 0.2) is 11.6 Å². The fourth-order valence-electron chi connectivity index (χ4n) is 1.70. The molecule has 0 atom stereocenters. The molecule has 19 heavy (non-hydrogen) atoms. The Morgan fingerprint density at radius 2 is 2.16 bits per heavy atom. The summed E-state index contributed by atoms with van der Waals surface area (Å²) < 4.78 is 39.5. The highest BCUT2D eigenvalue weighted by molar-refractivity contribution is 7.09. The molecule has 104 valence electrons. The van der Waals surface area contributed by atoms with Gasteiger partial charge in [-0.3, -0.25) is 4.68 Å². The van der Waals surface area contributed by atoms with Crippen molar-refractivity contribution >= 4 is 11.3 Å². The zero-order chi connectivity index (χ0) is 14.0. The van der Waals surface area contributed by atoms with Crippen LogP contribution in [0.25, 0.3) is 0 Å². The Balaban J connectivity index is 2.27. The van der Waals surface area contributed by atoms with Gasteiger partial charge in [0, 0.05) is 29.4 Å². The third-order valence-electron chi connectivity index (χ3n) is 2.45. The van der Waals surface area contributed by atoms with Crippen molar-refractivity contribution in [2.24, 2.45) is 0 Å². The molecule has 0 aliphatic heterocycles. The smallest absolute Gasteiger partial charge is 0.396 e. The molecule has 1 N–H and O–H groups in total. The summed E-state index contributed by atoms with van der Waals surface area (Å²) in [6.07, 6.45) is -3.25. The molecule has 4 nitrogen and oxygen atoms in total. The van der Waals surface area contributed by atoms with Gasteiger partial charge in [-0.25, -0.2) is 4.98 Å². The largest absolute Gasteiger partial charge is 0.435 e. The number of aliphatic hydroxyl groups excluding tert-OH is 1. The van der Waals surface area contributed by atoms with Crippen molar-refractivity contribution in [2.75, 3.05) is 6.61 Å². The van der Waals surface area contributed by atoms with E-state index < -0.39 is 11.9 Å². The van der Waals surface area contributed by atoms with Gasteiger partial charge in [0.1, 0.15) is 5.01 Å². The van der Waals surface area contributed by atoms with E-state index in [-0.39, 0.29) is 25.1 Å². The summed E-state index contributed by atoms with van der Waals surface area (Å²) in [6, 6.07) is 0. The number of thiazole rings is 1. The molecule has 0 aliphatic rings. The lowest BCUT2D eigenvalue weighted by atomic mass is 10.2. The molecule has 0 amide bonds. The summed E-state index contributed by atoms with van der Waals surface area (Å²) in [4.78, 5) is 4.18. The minimum absolute atomic E-state index is 0.00304. The Kier molecular flexibility index (Phi) is 3.91. The number of halogens is 3. The molecule has 0 fully saturated rings. The molecule has 2 aromatic heterocycles. The SMILES string of the molecule is Cc1csc(Cn2cc(CCO)c(C(F)(F)F)n2)n1. The average molecular weight is 291 g/mol. The highest BCUT2D eigenvalue weighted by atomic mass is 32.1.